The molecule has 0 saturated carbocycles. The minimum absolute atomic E-state index is 0.103. The SMILES string of the molecule is CCOC(=O)c1cc(-c2ccc(S(C)(=O)=O)cc2)n(-c2ccc(F)c(C)c2)n1. The molecule has 28 heavy (non-hydrogen) atoms. The molecule has 6 nitrogen and oxygen atoms in total. The van der Waals surface area contributed by atoms with Crippen molar-refractivity contribution in [2.45, 2.75) is 18.7 Å². The lowest BCUT2D eigenvalue weighted by atomic mass is 10.1. The molecule has 2 aromatic carbocycles. The van der Waals surface area contributed by atoms with Crippen LogP contribution in [0.2, 0.25) is 0 Å². The fourth-order valence-corrected chi connectivity index (χ4v) is 3.35. The molecular weight excluding hydrogens is 383 g/mol. The standard InChI is InChI=1S/C20H19FN2O4S/c1-4-27-20(24)18-12-19(14-5-8-16(9-6-14)28(3,25)26)23(22-18)15-7-10-17(21)13(2)11-15/h5-12H,4H2,1-3H3. The summed E-state index contributed by atoms with van der Waals surface area (Å²) in [6, 6.07) is 12.3. The van der Waals surface area contributed by atoms with E-state index in [1.54, 1.807) is 44.2 Å². The zero-order valence-electron chi connectivity index (χ0n) is 15.6. The molecule has 8 heteroatoms. The number of carbonyl (C=O) groups excluding carboxylic acids is 1. The number of hydrogen-bond donors (Lipinski definition) is 0. The predicted octanol–water partition coefficient (Wildman–Crippen LogP) is 3.57. The zero-order valence-corrected chi connectivity index (χ0v) is 16.5. The number of aromatic nitrogens is 2. The lowest BCUT2D eigenvalue weighted by Gasteiger charge is -2.09. The molecule has 3 rings (SSSR count). The van der Waals surface area contributed by atoms with Crippen molar-refractivity contribution in [1.29, 1.82) is 0 Å². The summed E-state index contributed by atoms with van der Waals surface area (Å²) in [6.45, 7) is 3.54. The van der Waals surface area contributed by atoms with Crippen LogP contribution in [0.4, 0.5) is 4.39 Å². The van der Waals surface area contributed by atoms with Gasteiger partial charge in [-0.25, -0.2) is 22.3 Å². The van der Waals surface area contributed by atoms with Crippen LogP contribution in [0.15, 0.2) is 53.4 Å². The van der Waals surface area contributed by atoms with Crippen molar-refractivity contribution >= 4 is 15.8 Å². The maximum Gasteiger partial charge on any atom is 0.358 e. The first-order valence-electron chi connectivity index (χ1n) is 8.55. The molecule has 0 spiro atoms. The summed E-state index contributed by atoms with van der Waals surface area (Å²) in [4.78, 5) is 12.3. The van der Waals surface area contributed by atoms with Gasteiger partial charge in [-0.2, -0.15) is 5.10 Å². The Hall–Kier alpha value is -3.00. The van der Waals surface area contributed by atoms with Crippen molar-refractivity contribution in [1.82, 2.24) is 9.78 Å². The van der Waals surface area contributed by atoms with E-state index in [0.29, 0.717) is 22.5 Å². The summed E-state index contributed by atoms with van der Waals surface area (Å²) in [5.41, 5.74) is 2.30. The van der Waals surface area contributed by atoms with Crippen molar-refractivity contribution < 1.29 is 22.3 Å². The first-order valence-corrected chi connectivity index (χ1v) is 10.4. The average molecular weight is 402 g/mol. The highest BCUT2D eigenvalue weighted by Gasteiger charge is 2.18. The lowest BCUT2D eigenvalue weighted by Crippen LogP contribution is -2.07. The minimum Gasteiger partial charge on any atom is -0.461 e. The first kappa shape index (κ1) is 19.8. The van der Waals surface area contributed by atoms with Crippen LogP contribution in [0.1, 0.15) is 23.0 Å². The van der Waals surface area contributed by atoms with Crippen LogP contribution < -0.4 is 0 Å². The number of halogens is 1. The third-order valence-corrected chi connectivity index (χ3v) is 5.29. The molecule has 0 unspecified atom stereocenters. The Morgan fingerprint density at radius 1 is 1.14 bits per heavy atom. The Morgan fingerprint density at radius 2 is 1.82 bits per heavy atom. The second-order valence-corrected chi connectivity index (χ2v) is 8.29. The molecule has 0 saturated heterocycles. The van der Waals surface area contributed by atoms with E-state index in [4.69, 9.17) is 4.74 Å². The van der Waals surface area contributed by atoms with Gasteiger partial charge in [0.25, 0.3) is 0 Å². The first-order chi connectivity index (χ1) is 13.2. The number of benzene rings is 2. The van der Waals surface area contributed by atoms with Crippen LogP contribution in [-0.4, -0.2) is 37.0 Å². The smallest absolute Gasteiger partial charge is 0.358 e. The summed E-state index contributed by atoms with van der Waals surface area (Å²) in [7, 11) is -3.33. The number of aryl methyl sites for hydroxylation is 1. The number of sulfone groups is 1. The van der Waals surface area contributed by atoms with Gasteiger partial charge in [0.1, 0.15) is 5.82 Å². The fourth-order valence-electron chi connectivity index (χ4n) is 2.72. The van der Waals surface area contributed by atoms with E-state index in [2.05, 4.69) is 5.10 Å². The van der Waals surface area contributed by atoms with E-state index in [0.717, 1.165) is 6.26 Å². The predicted molar refractivity (Wildman–Crippen MR) is 103 cm³/mol. The Bertz CT molecular complexity index is 1140. The maximum atomic E-state index is 13.7. The monoisotopic (exact) mass is 402 g/mol. The third kappa shape index (κ3) is 3.96. The molecule has 0 bridgehead atoms. The summed E-state index contributed by atoms with van der Waals surface area (Å²) >= 11 is 0. The highest BCUT2D eigenvalue weighted by Crippen LogP contribution is 2.26. The largest absolute Gasteiger partial charge is 0.461 e. The quantitative estimate of drug-likeness (QED) is 0.610. The topological polar surface area (TPSA) is 78.3 Å². The van der Waals surface area contributed by atoms with Crippen LogP contribution >= 0.6 is 0 Å². The zero-order chi connectivity index (χ0) is 20.5. The molecule has 0 atom stereocenters. The summed E-state index contributed by atoms with van der Waals surface area (Å²) in [5.74, 6) is -0.922. The second kappa shape index (κ2) is 7.55. The van der Waals surface area contributed by atoms with Gasteiger partial charge in [-0.15, -0.1) is 0 Å². The number of hydrogen-bond acceptors (Lipinski definition) is 5. The molecule has 0 radical (unpaired) electrons. The third-order valence-electron chi connectivity index (χ3n) is 4.16. The van der Waals surface area contributed by atoms with Crippen LogP contribution in [0.25, 0.3) is 16.9 Å². The van der Waals surface area contributed by atoms with Crippen molar-refractivity contribution in [3.8, 4) is 16.9 Å². The molecule has 0 aliphatic heterocycles. The van der Waals surface area contributed by atoms with Gasteiger partial charge < -0.3 is 4.74 Å². The number of carbonyl (C=O) groups is 1. The number of nitrogens with zero attached hydrogens (tertiary/aromatic N) is 2. The van der Waals surface area contributed by atoms with Crippen LogP contribution in [0.5, 0.6) is 0 Å². The minimum atomic E-state index is -3.33. The van der Waals surface area contributed by atoms with Gasteiger partial charge >= 0.3 is 5.97 Å². The van der Waals surface area contributed by atoms with E-state index < -0.39 is 15.8 Å². The molecule has 0 aliphatic rings. The molecule has 0 N–H and O–H groups in total. The van der Waals surface area contributed by atoms with Crippen molar-refractivity contribution in [2.24, 2.45) is 0 Å². The van der Waals surface area contributed by atoms with E-state index in [9.17, 15) is 17.6 Å². The van der Waals surface area contributed by atoms with Gasteiger partial charge in [-0.3, -0.25) is 0 Å². The van der Waals surface area contributed by atoms with Crippen molar-refractivity contribution in [3.05, 3.63) is 65.6 Å². The molecule has 146 valence electrons. The molecular formula is C20H19FN2O4S. The van der Waals surface area contributed by atoms with Crippen molar-refractivity contribution in [3.63, 3.8) is 0 Å². The molecule has 1 heterocycles. The van der Waals surface area contributed by atoms with E-state index in [1.807, 2.05) is 0 Å². The summed E-state index contributed by atoms with van der Waals surface area (Å²) < 4.78 is 43.6. The van der Waals surface area contributed by atoms with Crippen molar-refractivity contribution in [2.75, 3.05) is 12.9 Å². The maximum absolute atomic E-state index is 13.7. The van der Waals surface area contributed by atoms with Gasteiger partial charge in [-0.1, -0.05) is 12.1 Å². The van der Waals surface area contributed by atoms with Gasteiger partial charge in [0.05, 0.1) is 22.9 Å². The fraction of sp³-hybridized carbons (Fsp3) is 0.200. The molecule has 1 aromatic heterocycles. The number of ether oxygens (including phenoxy) is 1. The molecule has 3 aromatic rings. The van der Waals surface area contributed by atoms with E-state index >= 15 is 0 Å². The average Bonchev–Trinajstić information content (AvgIpc) is 3.09. The van der Waals surface area contributed by atoms with Crippen LogP contribution in [0, 0.1) is 12.7 Å². The normalized spacial score (nSPS) is 11.4. The lowest BCUT2D eigenvalue weighted by molar-refractivity contribution is 0.0519. The Morgan fingerprint density at radius 3 is 2.39 bits per heavy atom. The van der Waals surface area contributed by atoms with Gasteiger partial charge in [0.2, 0.25) is 0 Å². The van der Waals surface area contributed by atoms with E-state index in [-0.39, 0.29) is 23.0 Å². The van der Waals surface area contributed by atoms with E-state index in [1.165, 1.54) is 22.9 Å². The van der Waals surface area contributed by atoms with Crippen LogP contribution in [0.3, 0.4) is 0 Å². The second-order valence-electron chi connectivity index (χ2n) is 6.28. The van der Waals surface area contributed by atoms with Gasteiger partial charge in [0, 0.05) is 11.8 Å². The number of rotatable bonds is 5. The molecule has 0 aliphatic carbocycles. The molecule has 0 amide bonds. The number of esters is 1. The highest BCUT2D eigenvalue weighted by atomic mass is 32.2. The highest BCUT2D eigenvalue weighted by molar-refractivity contribution is 7.90. The summed E-state index contributed by atoms with van der Waals surface area (Å²) in [5, 5.41) is 4.32. The van der Waals surface area contributed by atoms with Crippen LogP contribution in [-0.2, 0) is 14.6 Å². The molecule has 0 fully saturated rings. The van der Waals surface area contributed by atoms with Gasteiger partial charge in [-0.05, 0) is 55.8 Å². The summed E-state index contributed by atoms with van der Waals surface area (Å²) in [6.07, 6.45) is 1.13. The Kier molecular flexibility index (Phi) is 5.33. The Labute approximate surface area is 162 Å². The Balaban J connectivity index is 2.15. The van der Waals surface area contributed by atoms with Gasteiger partial charge in [0.15, 0.2) is 15.5 Å².